The lowest BCUT2D eigenvalue weighted by molar-refractivity contribution is 0.373. The Morgan fingerprint density at radius 1 is 1.03 bits per heavy atom. The van der Waals surface area contributed by atoms with Crippen molar-refractivity contribution in [2.45, 2.75) is 11.8 Å². The van der Waals surface area contributed by atoms with Crippen molar-refractivity contribution < 1.29 is 17.2 Å². The van der Waals surface area contributed by atoms with Gasteiger partial charge in [-0.3, -0.25) is 4.99 Å². The molecule has 0 aromatic heterocycles. The summed E-state index contributed by atoms with van der Waals surface area (Å²) in [5, 5.41) is 3.19. The van der Waals surface area contributed by atoms with Gasteiger partial charge in [-0.2, -0.15) is 0 Å². The van der Waals surface area contributed by atoms with Crippen LogP contribution in [0.15, 0.2) is 58.4 Å². The smallest absolute Gasteiger partial charge is 0.194 e. The normalized spacial score (nSPS) is 15.4. The van der Waals surface area contributed by atoms with Crippen LogP contribution < -0.4 is 10.2 Å². The molecule has 1 saturated heterocycles. The molecule has 9 heteroatoms. The highest BCUT2D eigenvalue weighted by atomic mass is 32.2. The standard InChI is InChI=1S/C21H26F2N4O2S/c1-2-24-21(25-11-16-30(28,29)20-6-4-3-5-19(20)23)27-14-12-26(13-15-27)18-9-7-17(22)8-10-18/h3-10H,2,11-16H2,1H3,(H,24,25). The van der Waals surface area contributed by atoms with Crippen molar-refractivity contribution in [1.82, 2.24) is 10.2 Å². The first kappa shape index (κ1) is 22.0. The van der Waals surface area contributed by atoms with E-state index in [1.54, 1.807) is 12.1 Å². The summed E-state index contributed by atoms with van der Waals surface area (Å²) in [5.41, 5.74) is 0.967. The number of guanidine groups is 1. The highest BCUT2D eigenvalue weighted by Gasteiger charge is 2.21. The third-order valence-electron chi connectivity index (χ3n) is 4.90. The van der Waals surface area contributed by atoms with Crippen molar-refractivity contribution in [3.05, 3.63) is 60.2 Å². The van der Waals surface area contributed by atoms with Gasteiger partial charge in [0.1, 0.15) is 16.5 Å². The highest BCUT2D eigenvalue weighted by Crippen LogP contribution is 2.17. The monoisotopic (exact) mass is 436 g/mol. The van der Waals surface area contributed by atoms with E-state index < -0.39 is 15.7 Å². The zero-order valence-electron chi connectivity index (χ0n) is 16.9. The number of sulfone groups is 1. The Hall–Kier alpha value is -2.68. The van der Waals surface area contributed by atoms with Crippen LogP contribution in [0.5, 0.6) is 0 Å². The number of rotatable bonds is 6. The summed E-state index contributed by atoms with van der Waals surface area (Å²) < 4.78 is 51.8. The van der Waals surface area contributed by atoms with Crippen LogP contribution in [-0.2, 0) is 9.84 Å². The van der Waals surface area contributed by atoms with Gasteiger partial charge in [-0.15, -0.1) is 0 Å². The Morgan fingerprint density at radius 2 is 1.70 bits per heavy atom. The van der Waals surface area contributed by atoms with E-state index in [-0.39, 0.29) is 23.0 Å². The summed E-state index contributed by atoms with van der Waals surface area (Å²) in [5.74, 6) is -0.632. The summed E-state index contributed by atoms with van der Waals surface area (Å²) in [6, 6.07) is 11.8. The molecule has 2 aromatic rings. The second-order valence-electron chi connectivity index (χ2n) is 6.94. The van der Waals surface area contributed by atoms with Gasteiger partial charge < -0.3 is 15.1 Å². The number of hydrogen-bond acceptors (Lipinski definition) is 4. The molecule has 162 valence electrons. The van der Waals surface area contributed by atoms with Crippen LogP contribution >= 0.6 is 0 Å². The summed E-state index contributed by atoms with van der Waals surface area (Å²) in [4.78, 5) is 8.39. The fraction of sp³-hybridized carbons (Fsp3) is 0.381. The Kier molecular flexibility index (Phi) is 7.25. The fourth-order valence-electron chi connectivity index (χ4n) is 3.33. The molecule has 0 unspecified atom stereocenters. The molecule has 0 spiro atoms. The van der Waals surface area contributed by atoms with Crippen LogP contribution in [0.25, 0.3) is 0 Å². The molecule has 0 amide bonds. The Labute approximate surface area is 176 Å². The third kappa shape index (κ3) is 5.47. The highest BCUT2D eigenvalue weighted by molar-refractivity contribution is 7.91. The molecule has 0 aliphatic carbocycles. The van der Waals surface area contributed by atoms with Gasteiger partial charge in [0.25, 0.3) is 0 Å². The lowest BCUT2D eigenvalue weighted by Crippen LogP contribution is -2.52. The lowest BCUT2D eigenvalue weighted by atomic mass is 10.2. The minimum absolute atomic E-state index is 0.0389. The Balaban J connectivity index is 1.61. The molecule has 1 aliphatic heterocycles. The van der Waals surface area contributed by atoms with Gasteiger partial charge in [-0.1, -0.05) is 12.1 Å². The van der Waals surface area contributed by atoms with E-state index in [9.17, 15) is 17.2 Å². The van der Waals surface area contributed by atoms with Crippen molar-refractivity contribution in [3.63, 3.8) is 0 Å². The van der Waals surface area contributed by atoms with Crippen LogP contribution in [-0.4, -0.2) is 64.3 Å². The van der Waals surface area contributed by atoms with Crippen molar-refractivity contribution in [1.29, 1.82) is 0 Å². The molecule has 3 rings (SSSR count). The van der Waals surface area contributed by atoms with Crippen LogP contribution in [0.2, 0.25) is 0 Å². The first-order valence-corrected chi connectivity index (χ1v) is 11.6. The molecule has 2 aromatic carbocycles. The van der Waals surface area contributed by atoms with Gasteiger partial charge in [0.15, 0.2) is 15.8 Å². The first-order valence-electron chi connectivity index (χ1n) is 9.92. The van der Waals surface area contributed by atoms with Crippen LogP contribution in [0, 0.1) is 11.6 Å². The van der Waals surface area contributed by atoms with E-state index in [4.69, 9.17) is 0 Å². The number of nitrogens with one attached hydrogen (secondary N) is 1. The first-order chi connectivity index (χ1) is 14.4. The third-order valence-corrected chi connectivity index (χ3v) is 6.62. The average Bonchev–Trinajstić information content (AvgIpc) is 2.74. The van der Waals surface area contributed by atoms with Crippen molar-refractivity contribution >= 4 is 21.5 Å². The van der Waals surface area contributed by atoms with E-state index in [2.05, 4.69) is 20.1 Å². The van der Waals surface area contributed by atoms with E-state index >= 15 is 0 Å². The molecule has 0 atom stereocenters. The minimum atomic E-state index is -3.75. The molecule has 1 N–H and O–H groups in total. The maximum absolute atomic E-state index is 13.8. The number of anilines is 1. The van der Waals surface area contributed by atoms with Crippen LogP contribution in [0.4, 0.5) is 14.5 Å². The molecular formula is C21H26F2N4O2S. The molecule has 0 bridgehead atoms. The molecule has 1 aliphatic rings. The average molecular weight is 437 g/mol. The van der Waals surface area contributed by atoms with Crippen molar-refractivity contribution in [2.75, 3.05) is 49.9 Å². The number of piperazine rings is 1. The van der Waals surface area contributed by atoms with E-state index in [0.717, 1.165) is 24.8 Å². The summed E-state index contributed by atoms with van der Waals surface area (Å²) in [7, 11) is -3.75. The second kappa shape index (κ2) is 9.88. The van der Waals surface area contributed by atoms with E-state index in [1.807, 2.05) is 6.92 Å². The minimum Gasteiger partial charge on any atom is -0.368 e. The molecule has 1 heterocycles. The van der Waals surface area contributed by atoms with Gasteiger partial charge in [0.2, 0.25) is 0 Å². The predicted molar refractivity (Wildman–Crippen MR) is 115 cm³/mol. The van der Waals surface area contributed by atoms with Gasteiger partial charge >= 0.3 is 0 Å². The topological polar surface area (TPSA) is 65.0 Å². The Morgan fingerprint density at radius 3 is 2.33 bits per heavy atom. The molecule has 0 saturated carbocycles. The lowest BCUT2D eigenvalue weighted by Gasteiger charge is -2.37. The number of benzene rings is 2. The van der Waals surface area contributed by atoms with Crippen LogP contribution in [0.3, 0.4) is 0 Å². The molecule has 6 nitrogen and oxygen atoms in total. The summed E-state index contributed by atoms with van der Waals surface area (Å²) in [6.07, 6.45) is 0. The fourth-order valence-corrected chi connectivity index (χ4v) is 4.54. The van der Waals surface area contributed by atoms with Gasteiger partial charge in [-0.25, -0.2) is 17.2 Å². The zero-order chi connectivity index (χ0) is 21.6. The molecule has 0 radical (unpaired) electrons. The zero-order valence-corrected chi connectivity index (χ0v) is 17.7. The van der Waals surface area contributed by atoms with E-state index in [1.165, 1.54) is 30.3 Å². The van der Waals surface area contributed by atoms with Crippen molar-refractivity contribution in [2.24, 2.45) is 4.99 Å². The second-order valence-corrected chi connectivity index (χ2v) is 9.01. The molecular weight excluding hydrogens is 410 g/mol. The molecule has 1 fully saturated rings. The van der Waals surface area contributed by atoms with Crippen LogP contribution in [0.1, 0.15) is 6.92 Å². The largest absolute Gasteiger partial charge is 0.368 e. The number of hydrogen-bond donors (Lipinski definition) is 1. The molecule has 30 heavy (non-hydrogen) atoms. The van der Waals surface area contributed by atoms with Crippen molar-refractivity contribution in [3.8, 4) is 0 Å². The van der Waals surface area contributed by atoms with Gasteiger partial charge in [0.05, 0.1) is 12.3 Å². The van der Waals surface area contributed by atoms with E-state index in [0.29, 0.717) is 25.6 Å². The maximum atomic E-state index is 13.8. The SMILES string of the molecule is CCNC(=NCCS(=O)(=O)c1ccccc1F)N1CCN(c2ccc(F)cc2)CC1. The maximum Gasteiger partial charge on any atom is 0.194 e. The summed E-state index contributed by atoms with van der Waals surface area (Å²) >= 11 is 0. The summed E-state index contributed by atoms with van der Waals surface area (Å²) in [6.45, 7) is 5.51. The predicted octanol–water partition coefficient (Wildman–Crippen LogP) is 2.53. The number of halogens is 2. The van der Waals surface area contributed by atoms with Gasteiger partial charge in [-0.05, 0) is 43.3 Å². The quantitative estimate of drug-likeness (QED) is 0.557. The number of aliphatic imine (C=N–C) groups is 1. The van der Waals surface area contributed by atoms with Gasteiger partial charge in [0, 0.05) is 38.4 Å². The number of nitrogens with zero attached hydrogens (tertiary/aromatic N) is 3. The Bertz CT molecular complexity index is 973.